The van der Waals surface area contributed by atoms with Crippen LogP contribution in [0.15, 0.2) is 23.6 Å². The first-order valence-corrected chi connectivity index (χ1v) is 13.5. The maximum atomic E-state index is 13.6. The number of thiazole rings is 1. The highest BCUT2D eigenvalue weighted by atomic mass is 32.2. The lowest BCUT2D eigenvalue weighted by Crippen LogP contribution is -2.50. The number of halogens is 2. The molecule has 13 heteroatoms. The molecule has 0 bridgehead atoms. The molecule has 3 N–H and O–H groups in total. The first-order valence-electron chi connectivity index (χ1n) is 9.42. The monoisotopic (exact) mass is 509 g/mol. The van der Waals surface area contributed by atoms with Crippen LogP contribution in [0, 0.1) is 11.6 Å². The molecule has 8 nitrogen and oxygen atoms in total. The van der Waals surface area contributed by atoms with Crippen LogP contribution in [0.2, 0.25) is 0 Å². The van der Waals surface area contributed by atoms with E-state index in [0.29, 0.717) is 11.8 Å². The summed E-state index contributed by atoms with van der Waals surface area (Å²) in [5.41, 5.74) is 0.0846. The molecule has 0 fully saturated rings. The molecule has 0 aliphatic carbocycles. The van der Waals surface area contributed by atoms with E-state index < -0.39 is 45.8 Å². The van der Waals surface area contributed by atoms with E-state index in [9.17, 15) is 32.2 Å². The van der Waals surface area contributed by atoms with Gasteiger partial charge in [-0.1, -0.05) is 0 Å². The highest BCUT2D eigenvalue weighted by Gasteiger charge is 2.29. The minimum Gasteiger partial charge on any atom is -0.390 e. The molecule has 0 spiro atoms. The predicted molar refractivity (Wildman–Crippen MR) is 122 cm³/mol. The van der Waals surface area contributed by atoms with E-state index in [1.54, 1.807) is 0 Å². The number of thioether (sulfide) groups is 1. The lowest BCUT2D eigenvalue weighted by atomic mass is 9.96. The number of hydrogen-bond donors (Lipinski definition) is 3. The molecule has 2 rings (SSSR count). The maximum Gasteiger partial charge on any atom is 0.271 e. The molecule has 1 amide bonds. The van der Waals surface area contributed by atoms with Gasteiger partial charge in [0, 0.05) is 18.5 Å². The quantitative estimate of drug-likeness (QED) is 0.421. The van der Waals surface area contributed by atoms with Gasteiger partial charge in [-0.2, -0.15) is 11.8 Å². The number of hydrogen-bond acceptors (Lipinski definition) is 8. The van der Waals surface area contributed by atoms with Crippen LogP contribution in [0.3, 0.4) is 0 Å². The SMILES string of the molecule is CSCCC(O)C(O)C(Cc1cc(F)cc(F)c1)NC(=O)c1csc(N(C)S(C)(=O)=O)n1. The Morgan fingerprint density at radius 1 is 1.28 bits per heavy atom. The van der Waals surface area contributed by atoms with Crippen LogP contribution < -0.4 is 9.62 Å². The van der Waals surface area contributed by atoms with E-state index >= 15 is 0 Å². The first kappa shape index (κ1) is 26.5. The Kier molecular flexibility index (Phi) is 9.40. The average Bonchev–Trinajstić information content (AvgIpc) is 3.19. The number of nitrogens with zero attached hydrogens (tertiary/aromatic N) is 2. The Morgan fingerprint density at radius 3 is 2.47 bits per heavy atom. The fourth-order valence-corrected chi connectivity index (χ4v) is 4.83. The molecule has 3 unspecified atom stereocenters. The summed E-state index contributed by atoms with van der Waals surface area (Å²) in [7, 11) is -2.28. The number of sulfonamides is 1. The van der Waals surface area contributed by atoms with Gasteiger partial charge < -0.3 is 15.5 Å². The number of nitrogens with one attached hydrogen (secondary N) is 1. The fraction of sp³-hybridized carbons (Fsp3) is 0.474. The lowest BCUT2D eigenvalue weighted by Gasteiger charge is -2.27. The minimum atomic E-state index is -3.57. The van der Waals surface area contributed by atoms with Crippen LogP contribution in [-0.4, -0.2) is 73.1 Å². The summed E-state index contributed by atoms with van der Waals surface area (Å²) in [6.45, 7) is 0. The number of carbonyl (C=O) groups excluding carboxylic acids is 1. The van der Waals surface area contributed by atoms with E-state index in [0.717, 1.165) is 34.0 Å². The summed E-state index contributed by atoms with van der Waals surface area (Å²) in [6, 6.07) is 1.77. The number of benzene rings is 1. The van der Waals surface area contributed by atoms with Crippen LogP contribution in [0.1, 0.15) is 22.5 Å². The topological polar surface area (TPSA) is 120 Å². The lowest BCUT2D eigenvalue weighted by molar-refractivity contribution is -0.00411. The van der Waals surface area contributed by atoms with Gasteiger partial charge in [0.15, 0.2) is 5.13 Å². The van der Waals surface area contributed by atoms with Crippen molar-refractivity contribution < 1.29 is 32.2 Å². The molecule has 0 radical (unpaired) electrons. The van der Waals surface area contributed by atoms with Gasteiger partial charge in [-0.15, -0.1) is 11.3 Å². The Hall–Kier alpha value is -1.80. The van der Waals surface area contributed by atoms with Gasteiger partial charge in [0.1, 0.15) is 23.4 Å². The van der Waals surface area contributed by atoms with Crippen LogP contribution >= 0.6 is 23.1 Å². The molecule has 32 heavy (non-hydrogen) atoms. The summed E-state index contributed by atoms with van der Waals surface area (Å²) < 4.78 is 51.5. The molecule has 0 saturated carbocycles. The Balaban J connectivity index is 2.25. The van der Waals surface area contributed by atoms with Gasteiger partial charge in [0.05, 0.1) is 18.4 Å². The average molecular weight is 510 g/mol. The zero-order valence-electron chi connectivity index (χ0n) is 17.7. The molecule has 2 aromatic rings. The van der Waals surface area contributed by atoms with Crippen molar-refractivity contribution in [3.05, 3.63) is 46.5 Å². The third-order valence-corrected chi connectivity index (χ3v) is 7.45. The standard InChI is InChI=1S/C19H25F2N3O5S3/c1-24(32(3,28)29)19-23-15(10-31-19)18(27)22-14(17(26)16(25)4-5-30-2)8-11-6-12(20)9-13(21)7-11/h6-7,9-10,14,16-17,25-26H,4-5,8H2,1-3H3,(H,22,27). The fourth-order valence-electron chi connectivity index (χ4n) is 2.81. The van der Waals surface area contributed by atoms with Crippen molar-refractivity contribution in [1.29, 1.82) is 0 Å². The molecule has 3 atom stereocenters. The van der Waals surface area contributed by atoms with Crippen molar-refractivity contribution in [3.63, 3.8) is 0 Å². The van der Waals surface area contributed by atoms with Gasteiger partial charge in [-0.05, 0) is 42.5 Å². The molecule has 0 saturated heterocycles. The van der Waals surface area contributed by atoms with Gasteiger partial charge in [-0.3, -0.25) is 4.79 Å². The molecule has 1 aromatic carbocycles. The third-order valence-electron chi connectivity index (χ3n) is 4.61. The Bertz CT molecular complexity index is 1010. The van der Waals surface area contributed by atoms with Crippen LogP contribution in [0.5, 0.6) is 0 Å². The van der Waals surface area contributed by atoms with Crippen LogP contribution in [-0.2, 0) is 16.4 Å². The zero-order chi connectivity index (χ0) is 24.1. The molecule has 178 valence electrons. The van der Waals surface area contributed by atoms with Crippen molar-refractivity contribution in [3.8, 4) is 0 Å². The number of amides is 1. The Labute approximate surface area is 193 Å². The second-order valence-electron chi connectivity index (χ2n) is 7.15. The predicted octanol–water partition coefficient (Wildman–Crippen LogP) is 1.63. The summed E-state index contributed by atoms with van der Waals surface area (Å²) in [5.74, 6) is -1.79. The van der Waals surface area contributed by atoms with Crippen molar-refractivity contribution >= 4 is 44.2 Å². The summed E-state index contributed by atoms with van der Waals surface area (Å²) in [4.78, 5) is 16.7. The van der Waals surface area contributed by atoms with Crippen molar-refractivity contribution in [2.45, 2.75) is 31.1 Å². The van der Waals surface area contributed by atoms with Gasteiger partial charge in [0.25, 0.3) is 5.91 Å². The van der Waals surface area contributed by atoms with Gasteiger partial charge in [-0.25, -0.2) is 26.5 Å². The molecular formula is C19H25F2N3O5S3. The molecule has 0 aliphatic rings. The molecule has 0 aliphatic heterocycles. The van der Waals surface area contributed by atoms with E-state index in [4.69, 9.17) is 0 Å². The minimum absolute atomic E-state index is 0.0713. The van der Waals surface area contributed by atoms with E-state index in [2.05, 4.69) is 10.3 Å². The smallest absolute Gasteiger partial charge is 0.271 e. The number of aromatic nitrogens is 1. The number of rotatable bonds is 11. The maximum absolute atomic E-state index is 13.6. The molecule has 1 heterocycles. The zero-order valence-corrected chi connectivity index (χ0v) is 20.1. The normalized spacial score (nSPS) is 14.6. The van der Waals surface area contributed by atoms with Crippen molar-refractivity contribution in [1.82, 2.24) is 10.3 Å². The van der Waals surface area contributed by atoms with E-state index in [1.807, 2.05) is 6.26 Å². The summed E-state index contributed by atoms with van der Waals surface area (Å²) in [5, 5.41) is 24.9. The largest absolute Gasteiger partial charge is 0.390 e. The highest BCUT2D eigenvalue weighted by molar-refractivity contribution is 7.98. The van der Waals surface area contributed by atoms with Crippen LogP contribution in [0.25, 0.3) is 0 Å². The summed E-state index contributed by atoms with van der Waals surface area (Å²) in [6.07, 6.45) is 0.308. The highest BCUT2D eigenvalue weighted by Crippen LogP contribution is 2.22. The van der Waals surface area contributed by atoms with Gasteiger partial charge in [0.2, 0.25) is 10.0 Å². The first-order chi connectivity index (χ1) is 14.9. The van der Waals surface area contributed by atoms with Crippen molar-refractivity contribution in [2.24, 2.45) is 0 Å². The van der Waals surface area contributed by atoms with Crippen molar-refractivity contribution in [2.75, 3.05) is 29.6 Å². The molecule has 1 aromatic heterocycles. The van der Waals surface area contributed by atoms with E-state index in [1.165, 1.54) is 24.2 Å². The summed E-state index contributed by atoms with van der Waals surface area (Å²) >= 11 is 2.40. The molecular weight excluding hydrogens is 484 g/mol. The van der Waals surface area contributed by atoms with Crippen LogP contribution in [0.4, 0.5) is 13.9 Å². The van der Waals surface area contributed by atoms with Gasteiger partial charge >= 0.3 is 0 Å². The third kappa shape index (κ3) is 7.37. The number of anilines is 1. The second kappa shape index (κ2) is 11.4. The second-order valence-corrected chi connectivity index (χ2v) is 11.0. The number of carbonyl (C=O) groups is 1. The number of aliphatic hydroxyl groups excluding tert-OH is 2. The van der Waals surface area contributed by atoms with E-state index in [-0.39, 0.29) is 29.2 Å². The number of aliphatic hydroxyl groups is 2. The Morgan fingerprint density at radius 2 is 1.91 bits per heavy atom.